The first-order valence-corrected chi connectivity index (χ1v) is 9.09. The van der Waals surface area contributed by atoms with E-state index in [1.165, 1.54) is 26.0 Å². The highest BCUT2D eigenvalue weighted by Crippen LogP contribution is 2.29. The van der Waals surface area contributed by atoms with E-state index in [-0.39, 0.29) is 4.90 Å². The Bertz CT molecular complexity index is 819. The molecule has 1 aromatic heterocycles. The van der Waals surface area contributed by atoms with Gasteiger partial charge in [0.1, 0.15) is 16.1 Å². The van der Waals surface area contributed by atoms with Crippen molar-refractivity contribution in [3.63, 3.8) is 0 Å². The van der Waals surface area contributed by atoms with Gasteiger partial charge in [-0.2, -0.15) is 0 Å². The number of aryl methyl sites for hydroxylation is 2. The third-order valence-corrected chi connectivity index (χ3v) is 6.56. The molecule has 2 aromatic rings. The van der Waals surface area contributed by atoms with Crippen molar-refractivity contribution in [1.82, 2.24) is 5.16 Å². The number of carbonyl (C=O) groups is 1. The smallest absolute Gasteiger partial charge is 0.245 e. The topological polar surface area (TPSA) is 89.3 Å². The summed E-state index contributed by atoms with van der Waals surface area (Å²) in [4.78, 5) is 12.6. The number of amides is 1. The number of nitrogens with one attached hydrogen (secondary N) is 1. The van der Waals surface area contributed by atoms with Gasteiger partial charge in [-0.05, 0) is 52.0 Å². The number of nitrogens with zero attached hydrogens (tertiary/aromatic N) is 1. The first-order valence-electron chi connectivity index (χ1n) is 6.82. The fourth-order valence-corrected chi connectivity index (χ4v) is 3.60. The van der Waals surface area contributed by atoms with Gasteiger partial charge in [0.15, 0.2) is 15.6 Å². The minimum absolute atomic E-state index is 0.0830. The molecule has 0 saturated heterocycles. The third-order valence-electron chi connectivity index (χ3n) is 3.61. The van der Waals surface area contributed by atoms with Gasteiger partial charge < -0.3 is 9.84 Å². The highest BCUT2D eigenvalue weighted by molar-refractivity contribution is 9.10. The van der Waals surface area contributed by atoms with Gasteiger partial charge in [-0.1, -0.05) is 21.1 Å². The molecule has 1 aromatic carbocycles. The van der Waals surface area contributed by atoms with Crippen LogP contribution in [0.4, 0.5) is 5.69 Å². The molecule has 8 heteroatoms. The normalized spacial score (nSPS) is 12.2. The van der Waals surface area contributed by atoms with Gasteiger partial charge in [0.05, 0.1) is 4.90 Å². The lowest BCUT2D eigenvalue weighted by Crippen LogP contribution is -2.44. The number of carbonyl (C=O) groups excluding carboxylic acids is 1. The second-order valence-electron chi connectivity index (χ2n) is 5.62. The molecule has 2 rings (SSSR count). The summed E-state index contributed by atoms with van der Waals surface area (Å²) >= 11 is 3.26. The van der Waals surface area contributed by atoms with Crippen molar-refractivity contribution >= 4 is 37.4 Å². The summed E-state index contributed by atoms with van der Waals surface area (Å²) < 4.78 is 29.7. The van der Waals surface area contributed by atoms with Gasteiger partial charge in [0.2, 0.25) is 5.91 Å². The Balaban J connectivity index is 2.36. The average Bonchev–Trinajstić information content (AvgIpc) is 2.79. The van der Waals surface area contributed by atoms with Gasteiger partial charge in [0, 0.05) is 4.47 Å². The second-order valence-corrected chi connectivity index (χ2v) is 9.04. The van der Waals surface area contributed by atoms with E-state index in [9.17, 15) is 13.2 Å². The molecule has 23 heavy (non-hydrogen) atoms. The molecule has 0 aliphatic heterocycles. The predicted molar refractivity (Wildman–Crippen MR) is 90.0 cm³/mol. The Morgan fingerprint density at radius 3 is 2.26 bits per heavy atom. The molecule has 6 nitrogen and oxygen atoms in total. The minimum atomic E-state index is -3.87. The quantitative estimate of drug-likeness (QED) is 0.850. The molecule has 0 bridgehead atoms. The predicted octanol–water partition coefficient (Wildman–Crippen LogP) is 3.24. The maximum atomic E-state index is 12.8. The average molecular weight is 401 g/mol. The Hall–Kier alpha value is -1.67. The van der Waals surface area contributed by atoms with Crippen LogP contribution >= 0.6 is 15.9 Å². The van der Waals surface area contributed by atoms with Crippen molar-refractivity contribution in [1.29, 1.82) is 0 Å². The van der Waals surface area contributed by atoms with E-state index in [1.807, 2.05) is 0 Å². The number of hydrogen-bond acceptors (Lipinski definition) is 5. The van der Waals surface area contributed by atoms with Crippen LogP contribution in [0.5, 0.6) is 0 Å². The molecule has 0 saturated carbocycles. The van der Waals surface area contributed by atoms with Crippen molar-refractivity contribution in [3.8, 4) is 0 Å². The monoisotopic (exact) mass is 400 g/mol. The highest BCUT2D eigenvalue weighted by Gasteiger charge is 2.43. The maximum absolute atomic E-state index is 12.8. The summed E-state index contributed by atoms with van der Waals surface area (Å²) in [6, 6.07) is 6.17. The zero-order valence-electron chi connectivity index (χ0n) is 13.2. The molecule has 1 N–H and O–H groups in total. The van der Waals surface area contributed by atoms with Crippen molar-refractivity contribution < 1.29 is 17.7 Å². The number of rotatable bonds is 4. The fraction of sp³-hybridized carbons (Fsp3) is 0.333. The third kappa shape index (κ3) is 3.18. The Morgan fingerprint density at radius 2 is 1.78 bits per heavy atom. The van der Waals surface area contributed by atoms with Crippen molar-refractivity contribution in [2.75, 3.05) is 5.32 Å². The summed E-state index contributed by atoms with van der Waals surface area (Å²) in [5.74, 6) is -0.220. The van der Waals surface area contributed by atoms with E-state index < -0.39 is 20.5 Å². The van der Waals surface area contributed by atoms with E-state index >= 15 is 0 Å². The minimum Gasteiger partial charge on any atom is -0.359 e. The van der Waals surface area contributed by atoms with Crippen LogP contribution < -0.4 is 5.32 Å². The first-order chi connectivity index (χ1) is 10.6. The SMILES string of the molecule is Cc1noc(C)c1NC(=O)C(C)(C)S(=O)(=O)c1ccc(Br)cc1. The molecule has 0 spiro atoms. The lowest BCUT2D eigenvalue weighted by Gasteiger charge is -2.23. The van der Waals surface area contributed by atoms with Crippen LogP contribution in [0.2, 0.25) is 0 Å². The number of halogens is 1. The van der Waals surface area contributed by atoms with Gasteiger partial charge in [-0.15, -0.1) is 0 Å². The van der Waals surface area contributed by atoms with E-state index in [4.69, 9.17) is 4.52 Å². The molecule has 1 heterocycles. The number of hydrogen-bond donors (Lipinski definition) is 1. The second kappa shape index (κ2) is 6.09. The maximum Gasteiger partial charge on any atom is 0.245 e. The van der Waals surface area contributed by atoms with Crippen LogP contribution in [0, 0.1) is 13.8 Å². The first kappa shape index (κ1) is 17.7. The number of sulfone groups is 1. The summed E-state index contributed by atoms with van der Waals surface area (Å²) in [5, 5.41) is 6.34. The fourth-order valence-electron chi connectivity index (χ4n) is 1.96. The standard InChI is InChI=1S/C15H17BrN2O4S/c1-9-13(10(2)22-18-9)17-14(19)15(3,4)23(20,21)12-7-5-11(16)6-8-12/h5-8H,1-4H3,(H,17,19). The zero-order valence-corrected chi connectivity index (χ0v) is 15.6. The van der Waals surface area contributed by atoms with Gasteiger partial charge in [-0.25, -0.2) is 8.42 Å². The van der Waals surface area contributed by atoms with Gasteiger partial charge in [0.25, 0.3) is 0 Å². The van der Waals surface area contributed by atoms with Gasteiger partial charge in [-0.3, -0.25) is 4.79 Å². The summed E-state index contributed by atoms with van der Waals surface area (Å²) in [6.45, 7) is 6.06. The van der Waals surface area contributed by atoms with Crippen LogP contribution in [0.1, 0.15) is 25.3 Å². The molecule has 1 amide bonds. The molecular formula is C15H17BrN2O4S. The largest absolute Gasteiger partial charge is 0.359 e. The zero-order chi connectivity index (χ0) is 17.4. The summed E-state index contributed by atoms with van der Waals surface area (Å²) in [7, 11) is -3.87. The van der Waals surface area contributed by atoms with Crippen molar-refractivity contribution in [2.45, 2.75) is 37.3 Å². The Labute approximate surface area is 143 Å². The number of anilines is 1. The van der Waals surface area contributed by atoms with Crippen LogP contribution in [0.15, 0.2) is 38.2 Å². The molecule has 0 aliphatic rings. The van der Waals surface area contributed by atoms with Crippen LogP contribution in [-0.2, 0) is 14.6 Å². The summed E-state index contributed by atoms with van der Waals surface area (Å²) in [6.07, 6.45) is 0. The highest BCUT2D eigenvalue weighted by atomic mass is 79.9. The molecule has 0 aliphatic carbocycles. The lowest BCUT2D eigenvalue weighted by molar-refractivity contribution is -0.117. The molecule has 0 fully saturated rings. The Morgan fingerprint density at radius 1 is 1.22 bits per heavy atom. The number of benzene rings is 1. The van der Waals surface area contributed by atoms with E-state index in [2.05, 4.69) is 26.4 Å². The van der Waals surface area contributed by atoms with E-state index in [1.54, 1.807) is 26.0 Å². The Kier molecular flexibility index (Phi) is 4.68. The van der Waals surface area contributed by atoms with Gasteiger partial charge >= 0.3 is 0 Å². The molecule has 0 radical (unpaired) electrons. The van der Waals surface area contributed by atoms with E-state index in [0.717, 1.165) is 4.47 Å². The van der Waals surface area contributed by atoms with Crippen LogP contribution in [0.25, 0.3) is 0 Å². The number of aromatic nitrogens is 1. The summed E-state index contributed by atoms with van der Waals surface area (Å²) in [5.41, 5.74) is 0.891. The molecule has 0 atom stereocenters. The van der Waals surface area contributed by atoms with Crippen molar-refractivity contribution in [3.05, 3.63) is 40.2 Å². The lowest BCUT2D eigenvalue weighted by atomic mass is 10.2. The van der Waals surface area contributed by atoms with Crippen LogP contribution in [-0.4, -0.2) is 24.2 Å². The molecule has 0 unspecified atom stereocenters. The molecule has 124 valence electrons. The van der Waals surface area contributed by atoms with Crippen LogP contribution in [0.3, 0.4) is 0 Å². The van der Waals surface area contributed by atoms with E-state index in [0.29, 0.717) is 17.1 Å². The molecular weight excluding hydrogens is 384 g/mol. The van der Waals surface area contributed by atoms with Crippen molar-refractivity contribution in [2.24, 2.45) is 0 Å².